The van der Waals surface area contributed by atoms with Gasteiger partial charge in [0.05, 0.1) is 32.0 Å². The van der Waals surface area contributed by atoms with Crippen LogP contribution in [0.2, 0.25) is 0 Å². The highest BCUT2D eigenvalue weighted by atomic mass is 19.1. The molecule has 0 spiro atoms. The van der Waals surface area contributed by atoms with Crippen molar-refractivity contribution in [3.05, 3.63) is 35.0 Å². The number of fused-ring (bicyclic) bond motifs is 1. The zero-order chi connectivity index (χ0) is 21.7. The molecule has 1 saturated carbocycles. The first-order chi connectivity index (χ1) is 14.3. The van der Waals surface area contributed by atoms with Crippen molar-refractivity contribution in [3.8, 4) is 11.5 Å². The summed E-state index contributed by atoms with van der Waals surface area (Å²) in [4.78, 5) is 20.1. The fourth-order valence-electron chi connectivity index (χ4n) is 3.74. The zero-order valence-corrected chi connectivity index (χ0v) is 16.8. The number of aromatic nitrogens is 1. The number of rotatable bonds is 5. The first-order valence-corrected chi connectivity index (χ1v) is 9.33. The van der Waals surface area contributed by atoms with Crippen LogP contribution in [0, 0.1) is 17.0 Å². The lowest BCUT2D eigenvalue weighted by Gasteiger charge is -2.38. The zero-order valence-electron chi connectivity index (χ0n) is 16.8. The number of nitrogen functional groups attached to an aromatic ring is 1. The Morgan fingerprint density at radius 3 is 2.30 bits per heavy atom. The van der Waals surface area contributed by atoms with Crippen molar-refractivity contribution in [2.75, 3.05) is 29.8 Å². The molecule has 10 heteroatoms. The third-order valence-electron chi connectivity index (χ3n) is 5.27. The van der Waals surface area contributed by atoms with Crippen molar-refractivity contribution >= 4 is 28.9 Å². The molecule has 1 aliphatic carbocycles. The summed E-state index contributed by atoms with van der Waals surface area (Å²) in [6.07, 6.45) is 2.95. The van der Waals surface area contributed by atoms with Crippen LogP contribution in [0.15, 0.2) is 12.3 Å². The molecule has 1 aromatic heterocycles. The van der Waals surface area contributed by atoms with Gasteiger partial charge < -0.3 is 20.6 Å². The van der Waals surface area contributed by atoms with E-state index in [2.05, 4.69) is 4.98 Å². The third-order valence-corrected chi connectivity index (χ3v) is 5.27. The van der Waals surface area contributed by atoms with Gasteiger partial charge in [-0.25, -0.2) is 18.6 Å². The fraction of sp³-hybridized carbons (Fsp3) is 0.350. The van der Waals surface area contributed by atoms with Crippen molar-refractivity contribution in [1.82, 2.24) is 4.98 Å². The van der Waals surface area contributed by atoms with Gasteiger partial charge in [0.1, 0.15) is 11.5 Å². The van der Waals surface area contributed by atoms with Gasteiger partial charge in [0.2, 0.25) is 0 Å². The number of nitrogens with two attached hydrogens (primary N) is 1. The van der Waals surface area contributed by atoms with Gasteiger partial charge in [-0.1, -0.05) is 0 Å². The Kier molecular flexibility index (Phi) is 4.71. The van der Waals surface area contributed by atoms with Crippen LogP contribution < -0.4 is 25.0 Å². The average Bonchev–Trinajstić information content (AvgIpc) is 3.53. The van der Waals surface area contributed by atoms with Crippen LogP contribution in [-0.4, -0.2) is 37.0 Å². The van der Waals surface area contributed by atoms with E-state index in [1.807, 2.05) is 0 Å². The second-order valence-electron chi connectivity index (χ2n) is 7.24. The van der Waals surface area contributed by atoms with Crippen molar-refractivity contribution in [3.63, 3.8) is 0 Å². The number of hydrogen-bond donors (Lipinski definition) is 2. The normalized spacial score (nSPS) is 15.8. The lowest BCUT2D eigenvalue weighted by atomic mass is 10.0. The van der Waals surface area contributed by atoms with E-state index in [9.17, 15) is 4.79 Å². The molecule has 2 aromatic rings. The number of carbonyl (C=O) groups excluding carboxylic acids is 1. The second-order valence-corrected chi connectivity index (χ2v) is 7.24. The largest absolute Gasteiger partial charge is 0.493 e. The maximum Gasteiger partial charge on any atom is 0.329 e. The molecule has 0 bridgehead atoms. The molecular weight excluding hydrogens is 396 g/mol. The highest BCUT2D eigenvalue weighted by molar-refractivity contribution is 6.14. The molecule has 0 saturated heterocycles. The number of methoxy groups -OCH3 is 2. The molecule has 2 heterocycles. The summed E-state index contributed by atoms with van der Waals surface area (Å²) in [7, 11) is 2.49. The van der Waals surface area contributed by atoms with E-state index < -0.39 is 23.4 Å². The van der Waals surface area contributed by atoms with Gasteiger partial charge in [0, 0.05) is 29.6 Å². The second kappa shape index (κ2) is 7.12. The van der Waals surface area contributed by atoms with Crippen LogP contribution >= 0.6 is 0 Å². The SMILES string of the molecule is COc1cc(OC)c(F)c(N2Cc3cnc(N)c(C(C)=N)c3N(C3CC3)C2=O)c1F. The number of halogens is 2. The first-order valence-electron chi connectivity index (χ1n) is 9.33. The van der Waals surface area contributed by atoms with Crippen molar-refractivity contribution < 1.29 is 23.0 Å². The Hall–Kier alpha value is -3.43. The Morgan fingerprint density at radius 1 is 1.20 bits per heavy atom. The summed E-state index contributed by atoms with van der Waals surface area (Å²) in [5.41, 5.74) is 6.96. The van der Waals surface area contributed by atoms with Gasteiger partial charge >= 0.3 is 6.03 Å². The number of ether oxygens (including phenoxy) is 2. The Balaban J connectivity index is 1.94. The molecule has 8 nitrogen and oxygen atoms in total. The van der Waals surface area contributed by atoms with Crippen LogP contribution in [0.4, 0.5) is 30.8 Å². The monoisotopic (exact) mass is 417 g/mol. The van der Waals surface area contributed by atoms with Crippen LogP contribution in [0.5, 0.6) is 11.5 Å². The van der Waals surface area contributed by atoms with E-state index in [1.54, 1.807) is 6.92 Å². The van der Waals surface area contributed by atoms with Crippen molar-refractivity contribution in [2.45, 2.75) is 32.4 Å². The van der Waals surface area contributed by atoms with Gasteiger partial charge in [-0.15, -0.1) is 0 Å². The Labute approximate surface area is 171 Å². The molecule has 1 aromatic carbocycles. The quantitative estimate of drug-likeness (QED) is 0.725. The molecule has 0 radical (unpaired) electrons. The minimum atomic E-state index is -1.00. The summed E-state index contributed by atoms with van der Waals surface area (Å²) >= 11 is 0. The van der Waals surface area contributed by atoms with Crippen molar-refractivity contribution in [1.29, 1.82) is 5.41 Å². The summed E-state index contributed by atoms with van der Waals surface area (Å²) in [5.74, 6) is -2.36. The lowest BCUT2D eigenvalue weighted by molar-refractivity contribution is 0.249. The number of hydrogen-bond acceptors (Lipinski definition) is 6. The highest BCUT2D eigenvalue weighted by Gasteiger charge is 2.44. The van der Waals surface area contributed by atoms with Crippen LogP contribution in [-0.2, 0) is 6.54 Å². The van der Waals surface area contributed by atoms with Crippen LogP contribution in [0.25, 0.3) is 0 Å². The smallest absolute Gasteiger partial charge is 0.329 e. The van der Waals surface area contributed by atoms with Gasteiger partial charge in [-0.3, -0.25) is 9.80 Å². The molecule has 1 aliphatic heterocycles. The Bertz CT molecular complexity index is 1040. The van der Waals surface area contributed by atoms with E-state index >= 15 is 8.78 Å². The number of benzene rings is 1. The molecule has 30 heavy (non-hydrogen) atoms. The third kappa shape index (κ3) is 2.90. The van der Waals surface area contributed by atoms with E-state index in [0.29, 0.717) is 16.8 Å². The fourth-order valence-corrected chi connectivity index (χ4v) is 3.74. The summed E-state index contributed by atoms with van der Waals surface area (Å²) < 4.78 is 40.2. The molecule has 2 aliphatic rings. The van der Waals surface area contributed by atoms with E-state index in [0.717, 1.165) is 23.8 Å². The molecule has 2 amide bonds. The average molecular weight is 417 g/mol. The van der Waals surface area contributed by atoms with Gasteiger partial charge in [0.15, 0.2) is 23.1 Å². The predicted octanol–water partition coefficient (Wildman–Crippen LogP) is 3.46. The number of pyridine rings is 1. The molecule has 1 fully saturated rings. The highest BCUT2D eigenvalue weighted by Crippen LogP contribution is 2.45. The van der Waals surface area contributed by atoms with Gasteiger partial charge in [-0.2, -0.15) is 0 Å². The number of urea groups is 1. The summed E-state index contributed by atoms with van der Waals surface area (Å²) in [6.45, 7) is 1.41. The minimum absolute atomic E-state index is 0.133. The first kappa shape index (κ1) is 19.9. The predicted molar refractivity (Wildman–Crippen MR) is 108 cm³/mol. The van der Waals surface area contributed by atoms with E-state index in [1.165, 1.54) is 25.3 Å². The molecule has 0 unspecified atom stereocenters. The minimum Gasteiger partial charge on any atom is -0.493 e. The number of amides is 2. The summed E-state index contributed by atoms with van der Waals surface area (Å²) in [6, 6.07) is 0.345. The number of nitrogens with zero attached hydrogens (tertiary/aromatic N) is 3. The maximum absolute atomic E-state index is 15.1. The number of nitrogens with one attached hydrogen (secondary N) is 1. The van der Waals surface area contributed by atoms with Crippen molar-refractivity contribution in [2.24, 2.45) is 0 Å². The molecular formula is C20H21F2N5O3. The Morgan fingerprint density at radius 2 is 1.80 bits per heavy atom. The lowest BCUT2D eigenvalue weighted by Crippen LogP contribution is -2.50. The molecule has 3 N–H and O–H groups in total. The summed E-state index contributed by atoms with van der Waals surface area (Å²) in [5, 5.41) is 8.10. The van der Waals surface area contributed by atoms with Gasteiger partial charge in [0.25, 0.3) is 0 Å². The van der Waals surface area contributed by atoms with Crippen LogP contribution in [0.3, 0.4) is 0 Å². The molecule has 158 valence electrons. The number of anilines is 3. The molecule has 0 atom stereocenters. The maximum atomic E-state index is 15.1. The standard InChI is InChI=1S/C20H21F2N5O3/c1-9(23)14-17-10(7-25-19(14)24)8-26(20(28)27(17)11-4-5-11)18-15(21)12(29-2)6-13(30-3)16(18)22/h6-7,11,23H,4-5,8H2,1-3H3,(H2,24,25). The van der Waals surface area contributed by atoms with E-state index in [-0.39, 0.29) is 35.6 Å². The van der Waals surface area contributed by atoms with Gasteiger partial charge in [-0.05, 0) is 19.8 Å². The number of carbonyl (C=O) groups is 1. The van der Waals surface area contributed by atoms with Crippen LogP contribution in [0.1, 0.15) is 30.9 Å². The van der Waals surface area contributed by atoms with E-state index in [4.69, 9.17) is 20.6 Å². The topological polar surface area (TPSA) is 105 Å². The molecule has 4 rings (SSSR count).